The van der Waals surface area contributed by atoms with Crippen molar-refractivity contribution >= 4 is 11.8 Å². The summed E-state index contributed by atoms with van der Waals surface area (Å²) >= 11 is 0. The van der Waals surface area contributed by atoms with Gasteiger partial charge >= 0.3 is 0 Å². The first-order valence-corrected chi connectivity index (χ1v) is 10.6. The lowest BCUT2D eigenvalue weighted by Gasteiger charge is -2.25. The van der Waals surface area contributed by atoms with Gasteiger partial charge in [0.1, 0.15) is 6.61 Å². The lowest BCUT2D eigenvalue weighted by molar-refractivity contribution is 0.121. The minimum atomic E-state index is -0.635. The van der Waals surface area contributed by atoms with Crippen molar-refractivity contribution in [2.24, 2.45) is 0 Å². The molecule has 1 atom stereocenters. The zero-order valence-corrected chi connectivity index (χ0v) is 18.7. The second kappa shape index (κ2) is 10.2. The summed E-state index contributed by atoms with van der Waals surface area (Å²) in [6, 6.07) is 20.3. The first-order valence-electron chi connectivity index (χ1n) is 10.6. The number of hydrogen-bond donors (Lipinski definition) is 2. The molecule has 0 aliphatic heterocycles. The number of aromatic hydroxyl groups is 1. The van der Waals surface area contributed by atoms with Gasteiger partial charge in [-0.3, -0.25) is 0 Å². The van der Waals surface area contributed by atoms with Gasteiger partial charge in [-0.05, 0) is 41.7 Å². The summed E-state index contributed by atoms with van der Waals surface area (Å²) in [5, 5.41) is 20.7. The lowest BCUT2D eigenvalue weighted by Crippen LogP contribution is -2.15. The molecule has 0 aliphatic carbocycles. The fourth-order valence-electron chi connectivity index (χ4n) is 3.54. The number of aliphatic hydroxyl groups excluding tert-OH is 1. The number of ether oxygens (including phenoxy) is 1. The third-order valence-electron chi connectivity index (χ3n) is 5.00. The molecule has 3 rings (SSSR count). The van der Waals surface area contributed by atoms with Gasteiger partial charge in [0.15, 0.2) is 11.5 Å². The van der Waals surface area contributed by atoms with Crippen molar-refractivity contribution in [1.82, 2.24) is 0 Å². The highest BCUT2D eigenvalue weighted by molar-refractivity contribution is 5.96. The van der Waals surface area contributed by atoms with Gasteiger partial charge in [0.05, 0.1) is 11.8 Å². The number of rotatable bonds is 8. The molecule has 3 aromatic carbocycles. The number of aliphatic hydroxyl groups is 1. The molecule has 0 saturated heterocycles. The topological polar surface area (TPSA) is 52.9 Å². The number of anilines is 1. The summed E-state index contributed by atoms with van der Waals surface area (Å²) in [4.78, 5) is 1.90. The normalized spacial score (nSPS) is 12.2. The van der Waals surface area contributed by atoms with E-state index in [9.17, 15) is 10.2 Å². The zero-order chi connectivity index (χ0) is 22.4. The maximum absolute atomic E-state index is 11.1. The van der Waals surface area contributed by atoms with Gasteiger partial charge in [0, 0.05) is 19.7 Å². The monoisotopic (exact) mass is 417 g/mol. The van der Waals surface area contributed by atoms with E-state index in [2.05, 4.69) is 43.3 Å². The highest BCUT2D eigenvalue weighted by atomic mass is 16.5. The predicted molar refractivity (Wildman–Crippen MR) is 130 cm³/mol. The lowest BCUT2D eigenvalue weighted by atomic mass is 9.91. The average molecular weight is 418 g/mol. The number of phenolic OH excluding ortho intramolecular Hbond substituents is 1. The Bertz CT molecular complexity index is 1020. The molecule has 1 unspecified atom stereocenters. The molecule has 0 aliphatic rings. The van der Waals surface area contributed by atoms with Crippen molar-refractivity contribution in [3.05, 3.63) is 72.3 Å². The minimum absolute atomic E-state index is 0.0655. The number of benzene rings is 3. The molecule has 0 heterocycles. The van der Waals surface area contributed by atoms with E-state index in [-0.39, 0.29) is 12.4 Å². The zero-order valence-electron chi connectivity index (χ0n) is 18.7. The minimum Gasteiger partial charge on any atom is -0.503 e. The summed E-state index contributed by atoms with van der Waals surface area (Å²) in [5.41, 5.74) is 5.75. The average Bonchev–Trinajstić information content (AvgIpc) is 2.77. The summed E-state index contributed by atoms with van der Waals surface area (Å²) in [5.74, 6) is 0.421. The van der Waals surface area contributed by atoms with Crippen LogP contribution in [0.15, 0.2) is 66.7 Å². The van der Waals surface area contributed by atoms with Gasteiger partial charge in [0.2, 0.25) is 0 Å². The summed E-state index contributed by atoms with van der Waals surface area (Å²) in [6.07, 6.45) is 4.61. The molecule has 0 amide bonds. The second-order valence-electron chi connectivity index (χ2n) is 7.85. The van der Waals surface area contributed by atoms with Crippen molar-refractivity contribution in [3.63, 3.8) is 0 Å². The predicted octanol–water partition coefficient (Wildman–Crippen LogP) is 5.98. The number of nitrogens with zero attached hydrogens (tertiary/aromatic N) is 1. The van der Waals surface area contributed by atoms with Crippen LogP contribution in [-0.4, -0.2) is 37.0 Å². The molecule has 0 saturated carbocycles. The number of phenols is 1. The van der Waals surface area contributed by atoms with Gasteiger partial charge < -0.3 is 19.8 Å². The Hall–Kier alpha value is -3.24. The standard InChI is InChI=1S/C27H31NO3/c1-5-6-10-20-13-15-21(16-14-20)23-17-24(31-18-19(2)29)27(30)26(28(3)4)25(23)22-11-8-7-9-12-22/h6-17,19,29-30H,5,18H2,1-4H3. The molecule has 4 heteroatoms. The quantitative estimate of drug-likeness (QED) is 0.474. The van der Waals surface area contributed by atoms with Crippen LogP contribution in [0.5, 0.6) is 11.5 Å². The van der Waals surface area contributed by atoms with Crippen molar-refractivity contribution in [3.8, 4) is 33.8 Å². The molecule has 0 fully saturated rings. The third-order valence-corrected chi connectivity index (χ3v) is 5.00. The number of hydrogen-bond acceptors (Lipinski definition) is 4. The van der Waals surface area contributed by atoms with E-state index in [4.69, 9.17) is 4.74 Å². The van der Waals surface area contributed by atoms with Crippen LogP contribution in [0, 0.1) is 0 Å². The van der Waals surface area contributed by atoms with Gasteiger partial charge in [0.25, 0.3) is 0 Å². The molecule has 4 nitrogen and oxygen atoms in total. The first-order chi connectivity index (χ1) is 14.9. The molecular weight excluding hydrogens is 386 g/mol. The first kappa shape index (κ1) is 22.4. The molecule has 0 spiro atoms. The van der Waals surface area contributed by atoms with E-state index >= 15 is 0 Å². The SMILES string of the molecule is CCC=Cc1ccc(-c2cc(OCC(C)O)c(O)c(N(C)C)c2-c2ccccc2)cc1. The molecule has 31 heavy (non-hydrogen) atoms. The Labute approximate surface area is 185 Å². The van der Waals surface area contributed by atoms with Crippen LogP contribution in [0.4, 0.5) is 5.69 Å². The summed E-state index contributed by atoms with van der Waals surface area (Å²) in [6.45, 7) is 3.88. The molecule has 162 valence electrons. The molecule has 3 aromatic rings. The van der Waals surface area contributed by atoms with E-state index in [0.29, 0.717) is 11.4 Å². The van der Waals surface area contributed by atoms with Crippen LogP contribution in [0.2, 0.25) is 0 Å². The van der Waals surface area contributed by atoms with E-state index in [1.807, 2.05) is 55.4 Å². The van der Waals surface area contributed by atoms with Crippen LogP contribution in [-0.2, 0) is 0 Å². The Balaban J connectivity index is 2.24. The largest absolute Gasteiger partial charge is 0.503 e. The second-order valence-corrected chi connectivity index (χ2v) is 7.85. The van der Waals surface area contributed by atoms with Gasteiger partial charge in [-0.25, -0.2) is 0 Å². The highest BCUT2D eigenvalue weighted by Crippen LogP contribution is 2.49. The van der Waals surface area contributed by atoms with E-state index < -0.39 is 6.10 Å². The Morgan fingerprint density at radius 1 is 1.00 bits per heavy atom. The van der Waals surface area contributed by atoms with Crippen LogP contribution < -0.4 is 9.64 Å². The fraction of sp³-hybridized carbons (Fsp3) is 0.259. The molecule has 0 radical (unpaired) electrons. The van der Waals surface area contributed by atoms with Gasteiger partial charge in [-0.2, -0.15) is 0 Å². The van der Waals surface area contributed by atoms with E-state index in [1.165, 1.54) is 0 Å². The molecular formula is C27H31NO3. The van der Waals surface area contributed by atoms with Crippen LogP contribution in [0.25, 0.3) is 28.3 Å². The Morgan fingerprint density at radius 3 is 2.26 bits per heavy atom. The smallest absolute Gasteiger partial charge is 0.182 e. The van der Waals surface area contributed by atoms with Crippen molar-refractivity contribution in [2.75, 3.05) is 25.6 Å². The maximum Gasteiger partial charge on any atom is 0.182 e. The van der Waals surface area contributed by atoms with E-state index in [1.54, 1.807) is 6.92 Å². The third kappa shape index (κ3) is 5.28. The Morgan fingerprint density at radius 2 is 1.68 bits per heavy atom. The van der Waals surface area contributed by atoms with E-state index in [0.717, 1.165) is 34.2 Å². The maximum atomic E-state index is 11.1. The molecule has 0 aromatic heterocycles. The van der Waals surface area contributed by atoms with Crippen LogP contribution in [0.3, 0.4) is 0 Å². The summed E-state index contributed by atoms with van der Waals surface area (Å²) in [7, 11) is 3.81. The van der Waals surface area contributed by atoms with Gasteiger partial charge in [-0.1, -0.05) is 73.7 Å². The number of allylic oxidation sites excluding steroid dienone is 1. The van der Waals surface area contributed by atoms with Gasteiger partial charge in [-0.15, -0.1) is 0 Å². The Kier molecular flexibility index (Phi) is 7.37. The fourth-order valence-corrected chi connectivity index (χ4v) is 3.54. The molecule has 2 N–H and O–H groups in total. The van der Waals surface area contributed by atoms with Crippen molar-refractivity contribution < 1.29 is 14.9 Å². The highest BCUT2D eigenvalue weighted by Gasteiger charge is 2.22. The van der Waals surface area contributed by atoms with Crippen LogP contribution in [0.1, 0.15) is 25.8 Å². The summed E-state index contributed by atoms with van der Waals surface area (Å²) < 4.78 is 5.78. The molecule has 0 bridgehead atoms. The van der Waals surface area contributed by atoms with Crippen molar-refractivity contribution in [1.29, 1.82) is 0 Å². The van der Waals surface area contributed by atoms with Crippen molar-refractivity contribution in [2.45, 2.75) is 26.4 Å². The van der Waals surface area contributed by atoms with Crippen LogP contribution >= 0.6 is 0 Å².